The molecule has 2 aromatic carbocycles. The molecule has 2 unspecified atom stereocenters. The molecule has 34 heavy (non-hydrogen) atoms. The van der Waals surface area contributed by atoms with Crippen molar-refractivity contribution in [2.24, 2.45) is 0 Å². The summed E-state index contributed by atoms with van der Waals surface area (Å²) in [5.74, 6) is 0.0806. The first-order valence-corrected chi connectivity index (χ1v) is 11.2. The maximum Gasteiger partial charge on any atom is 0.337 e. The van der Waals surface area contributed by atoms with Crippen molar-refractivity contribution < 1.29 is 19.4 Å². The molecule has 0 saturated heterocycles. The fourth-order valence-electron chi connectivity index (χ4n) is 4.61. The highest BCUT2D eigenvalue weighted by molar-refractivity contribution is 5.91. The lowest BCUT2D eigenvalue weighted by Gasteiger charge is -2.40. The van der Waals surface area contributed by atoms with Crippen LogP contribution < -0.4 is 10.6 Å². The lowest BCUT2D eigenvalue weighted by Crippen LogP contribution is -2.45. The van der Waals surface area contributed by atoms with Crippen molar-refractivity contribution in [3.05, 3.63) is 76.5 Å². The minimum atomic E-state index is -0.831. The molecule has 1 aliphatic rings. The number of anilines is 1. The van der Waals surface area contributed by atoms with Crippen LogP contribution in [0, 0.1) is 13.8 Å². The number of ether oxygens (including phenoxy) is 1. The van der Waals surface area contributed by atoms with Gasteiger partial charge in [0.25, 0.3) is 0 Å². The Balaban J connectivity index is 1.65. The number of para-hydroxylation sites is 1. The van der Waals surface area contributed by atoms with Gasteiger partial charge in [-0.2, -0.15) is 5.10 Å². The fourth-order valence-corrected chi connectivity index (χ4v) is 4.61. The zero-order valence-electron chi connectivity index (χ0n) is 20.0. The van der Waals surface area contributed by atoms with Gasteiger partial charge in [-0.05, 0) is 61.1 Å². The second kappa shape index (κ2) is 8.95. The Morgan fingerprint density at radius 3 is 2.53 bits per heavy atom. The Bertz CT molecular complexity index is 1230. The van der Waals surface area contributed by atoms with Crippen molar-refractivity contribution in [1.82, 2.24) is 15.1 Å². The van der Waals surface area contributed by atoms with E-state index in [1.807, 2.05) is 64.1 Å². The molecule has 1 aliphatic carbocycles. The summed E-state index contributed by atoms with van der Waals surface area (Å²) in [6.45, 7) is 7.85. The molecule has 8 heteroatoms. The molecule has 3 aromatic rings. The van der Waals surface area contributed by atoms with E-state index < -0.39 is 24.1 Å². The van der Waals surface area contributed by atoms with Gasteiger partial charge < -0.3 is 15.2 Å². The first kappa shape index (κ1) is 23.5. The Labute approximate surface area is 198 Å². The predicted molar refractivity (Wildman–Crippen MR) is 129 cm³/mol. The number of amides is 2. The van der Waals surface area contributed by atoms with E-state index in [1.54, 1.807) is 16.8 Å². The van der Waals surface area contributed by atoms with Crippen molar-refractivity contribution in [2.45, 2.75) is 51.7 Å². The Hall–Kier alpha value is -3.65. The minimum Gasteiger partial charge on any atom is -0.465 e. The maximum atomic E-state index is 13.2. The molecule has 0 bridgehead atoms. The summed E-state index contributed by atoms with van der Waals surface area (Å²) in [5.41, 5.74) is 4.18. The first-order valence-electron chi connectivity index (χ1n) is 11.2. The molecule has 0 aliphatic heterocycles. The van der Waals surface area contributed by atoms with Crippen LogP contribution >= 0.6 is 0 Å². The number of carbonyl (C=O) groups excluding carboxylic acids is 2. The van der Waals surface area contributed by atoms with Crippen LogP contribution in [0.4, 0.5) is 10.6 Å². The molecular formula is C26H30N4O4. The lowest BCUT2D eigenvalue weighted by atomic mass is 9.69. The average molecular weight is 463 g/mol. The van der Waals surface area contributed by atoms with Gasteiger partial charge in [0.1, 0.15) is 5.82 Å². The third kappa shape index (κ3) is 4.28. The van der Waals surface area contributed by atoms with Crippen LogP contribution in [0.5, 0.6) is 0 Å². The number of carbonyl (C=O) groups is 2. The molecule has 0 saturated carbocycles. The molecule has 178 valence electrons. The summed E-state index contributed by atoms with van der Waals surface area (Å²) in [6.07, 6.45) is -0.370. The van der Waals surface area contributed by atoms with E-state index in [9.17, 15) is 14.7 Å². The van der Waals surface area contributed by atoms with Crippen molar-refractivity contribution >= 4 is 17.8 Å². The SMILES string of the molecule is COC(=O)c1ccc2c(c1)C(NC(=O)Nc1c(C)c(C)nn1-c1ccccc1)C(O)CC2(C)C. The van der Waals surface area contributed by atoms with Gasteiger partial charge in [-0.1, -0.05) is 38.1 Å². The summed E-state index contributed by atoms with van der Waals surface area (Å²) in [5, 5.41) is 21.4. The quantitative estimate of drug-likeness (QED) is 0.505. The van der Waals surface area contributed by atoms with Gasteiger partial charge in [0.2, 0.25) is 0 Å². The van der Waals surface area contributed by atoms with Crippen molar-refractivity contribution in [3.63, 3.8) is 0 Å². The summed E-state index contributed by atoms with van der Waals surface area (Å²) in [4.78, 5) is 25.3. The molecule has 0 fully saturated rings. The van der Waals surface area contributed by atoms with Gasteiger partial charge in [-0.25, -0.2) is 14.3 Å². The van der Waals surface area contributed by atoms with E-state index in [0.717, 1.165) is 22.5 Å². The number of fused-ring (bicyclic) bond motifs is 1. The van der Waals surface area contributed by atoms with Crippen LogP contribution in [0.25, 0.3) is 5.69 Å². The average Bonchev–Trinajstić information content (AvgIpc) is 3.09. The van der Waals surface area contributed by atoms with Crippen LogP contribution in [0.15, 0.2) is 48.5 Å². The van der Waals surface area contributed by atoms with Gasteiger partial charge in [0.15, 0.2) is 0 Å². The number of esters is 1. The third-order valence-corrected chi connectivity index (χ3v) is 6.52. The number of urea groups is 1. The first-order chi connectivity index (χ1) is 16.1. The van der Waals surface area contributed by atoms with E-state index in [4.69, 9.17) is 4.74 Å². The third-order valence-electron chi connectivity index (χ3n) is 6.52. The van der Waals surface area contributed by atoms with E-state index in [-0.39, 0.29) is 5.41 Å². The number of hydrogen-bond acceptors (Lipinski definition) is 5. The normalized spacial score (nSPS) is 18.6. The molecule has 2 atom stereocenters. The van der Waals surface area contributed by atoms with Crippen LogP contribution in [0.2, 0.25) is 0 Å². The van der Waals surface area contributed by atoms with Crippen LogP contribution in [0.3, 0.4) is 0 Å². The smallest absolute Gasteiger partial charge is 0.337 e. The minimum absolute atomic E-state index is 0.322. The van der Waals surface area contributed by atoms with Gasteiger partial charge in [-0.15, -0.1) is 0 Å². The van der Waals surface area contributed by atoms with E-state index in [2.05, 4.69) is 15.7 Å². The van der Waals surface area contributed by atoms with Gasteiger partial charge in [-0.3, -0.25) is 5.32 Å². The zero-order valence-corrected chi connectivity index (χ0v) is 20.0. The topological polar surface area (TPSA) is 105 Å². The second-order valence-electron chi connectivity index (χ2n) is 9.33. The molecule has 2 amide bonds. The van der Waals surface area contributed by atoms with Crippen LogP contribution in [0.1, 0.15) is 59.1 Å². The van der Waals surface area contributed by atoms with E-state index in [1.165, 1.54) is 7.11 Å². The number of benzene rings is 2. The number of methoxy groups -OCH3 is 1. The monoisotopic (exact) mass is 462 g/mol. The summed E-state index contributed by atoms with van der Waals surface area (Å²) in [7, 11) is 1.32. The molecule has 0 radical (unpaired) electrons. The Kier molecular flexibility index (Phi) is 6.18. The molecule has 1 aromatic heterocycles. The molecule has 3 N–H and O–H groups in total. The number of aryl methyl sites for hydroxylation is 1. The number of hydrogen-bond donors (Lipinski definition) is 3. The Morgan fingerprint density at radius 1 is 1.15 bits per heavy atom. The summed E-state index contributed by atoms with van der Waals surface area (Å²) >= 11 is 0. The van der Waals surface area contributed by atoms with Crippen molar-refractivity contribution in [3.8, 4) is 5.69 Å². The second-order valence-corrected chi connectivity index (χ2v) is 9.33. The molecule has 4 rings (SSSR count). The van der Waals surface area contributed by atoms with Gasteiger partial charge in [0, 0.05) is 5.56 Å². The fraction of sp³-hybridized carbons (Fsp3) is 0.346. The molecule has 8 nitrogen and oxygen atoms in total. The Morgan fingerprint density at radius 2 is 1.85 bits per heavy atom. The van der Waals surface area contributed by atoms with Gasteiger partial charge >= 0.3 is 12.0 Å². The number of aromatic nitrogens is 2. The number of aliphatic hydroxyl groups excluding tert-OH is 1. The number of rotatable bonds is 4. The predicted octanol–water partition coefficient (Wildman–Crippen LogP) is 4.18. The van der Waals surface area contributed by atoms with Crippen LogP contribution in [-0.4, -0.2) is 40.1 Å². The van der Waals surface area contributed by atoms with E-state index in [0.29, 0.717) is 23.4 Å². The highest BCUT2D eigenvalue weighted by atomic mass is 16.5. The largest absolute Gasteiger partial charge is 0.465 e. The van der Waals surface area contributed by atoms with E-state index >= 15 is 0 Å². The summed E-state index contributed by atoms with van der Waals surface area (Å²) < 4.78 is 6.55. The maximum absolute atomic E-state index is 13.2. The van der Waals surface area contributed by atoms with Crippen molar-refractivity contribution in [2.75, 3.05) is 12.4 Å². The van der Waals surface area contributed by atoms with Crippen LogP contribution in [-0.2, 0) is 10.2 Å². The number of nitrogens with one attached hydrogen (secondary N) is 2. The number of nitrogens with zero attached hydrogens (tertiary/aromatic N) is 2. The molecule has 0 spiro atoms. The standard InChI is InChI=1S/C26H30N4O4/c1-15-16(2)29-30(18-9-7-6-8-10-18)23(15)28-25(33)27-22-19-13-17(24(32)34-5)11-12-20(19)26(3,4)14-21(22)31/h6-13,21-22,31H,14H2,1-5H3,(H2,27,28,33). The highest BCUT2D eigenvalue weighted by Crippen LogP contribution is 2.42. The lowest BCUT2D eigenvalue weighted by molar-refractivity contribution is 0.0598. The molecule has 1 heterocycles. The number of aliphatic hydroxyl groups is 1. The zero-order chi connectivity index (χ0) is 24.6. The highest BCUT2D eigenvalue weighted by Gasteiger charge is 2.39. The molecular weight excluding hydrogens is 432 g/mol. The van der Waals surface area contributed by atoms with Gasteiger partial charge in [0.05, 0.1) is 36.2 Å². The summed E-state index contributed by atoms with van der Waals surface area (Å²) in [6, 6.07) is 13.7. The van der Waals surface area contributed by atoms with Crippen molar-refractivity contribution in [1.29, 1.82) is 0 Å².